The second-order valence-corrected chi connectivity index (χ2v) is 5.05. The Hall–Kier alpha value is -0.0900. The fraction of sp³-hybridized carbons (Fsp3) is 1.00. The fourth-order valence-corrected chi connectivity index (χ4v) is 1.87. The summed E-state index contributed by atoms with van der Waals surface area (Å²) in [4.78, 5) is 0. The highest BCUT2D eigenvalue weighted by Crippen LogP contribution is 2.06. The first kappa shape index (κ1) is 12.9. The molecule has 0 radical (unpaired) electrons. The second kappa shape index (κ2) is 7.33. The van der Waals surface area contributed by atoms with Crippen LogP contribution >= 0.6 is 0 Å². The van der Waals surface area contributed by atoms with Crippen molar-refractivity contribution in [3.05, 3.63) is 0 Å². The van der Waals surface area contributed by atoms with Gasteiger partial charge in [0.1, 0.15) is 0 Å². The number of rotatable bonds is 8. The molecular formula is C9H20O3S. The van der Waals surface area contributed by atoms with Crippen LogP contribution < -0.4 is 0 Å². The lowest BCUT2D eigenvalue weighted by atomic mass is 10.1. The van der Waals surface area contributed by atoms with E-state index in [4.69, 9.17) is 0 Å². The van der Waals surface area contributed by atoms with Gasteiger partial charge < -0.3 is 0 Å². The molecule has 0 rings (SSSR count). The molecule has 0 unspecified atom stereocenters. The first-order valence-electron chi connectivity index (χ1n) is 4.90. The van der Waals surface area contributed by atoms with Crippen LogP contribution in [0.4, 0.5) is 0 Å². The molecule has 0 saturated heterocycles. The van der Waals surface area contributed by atoms with Crippen LogP contribution in [0, 0.1) is 0 Å². The molecule has 0 aromatic rings. The largest absolute Gasteiger partial charge is 0.273 e. The standard InChI is InChI=1S/C9H20O3S/c1-3-4-5-6-7-8-9-13(10,11)12-2/h3-9H2,1-2H3. The van der Waals surface area contributed by atoms with Crippen LogP contribution in [-0.4, -0.2) is 21.3 Å². The fourth-order valence-electron chi connectivity index (χ4n) is 1.14. The minimum atomic E-state index is -3.21. The molecule has 0 aromatic carbocycles. The SMILES string of the molecule is CCCCCCCCS(=O)(=O)OC. The summed E-state index contributed by atoms with van der Waals surface area (Å²) in [6.45, 7) is 2.16. The van der Waals surface area contributed by atoms with Gasteiger partial charge in [0.15, 0.2) is 0 Å². The summed E-state index contributed by atoms with van der Waals surface area (Å²) in [6.07, 6.45) is 6.52. The summed E-state index contributed by atoms with van der Waals surface area (Å²) in [7, 11) is -2.00. The molecule has 80 valence electrons. The van der Waals surface area contributed by atoms with Crippen LogP contribution in [0.1, 0.15) is 45.4 Å². The van der Waals surface area contributed by atoms with Gasteiger partial charge in [0.05, 0.1) is 12.9 Å². The quantitative estimate of drug-likeness (QED) is 0.454. The third-order valence-corrected chi connectivity index (χ3v) is 3.30. The molecule has 0 bridgehead atoms. The van der Waals surface area contributed by atoms with Crippen molar-refractivity contribution in [2.75, 3.05) is 12.9 Å². The molecule has 0 aliphatic rings. The van der Waals surface area contributed by atoms with Crippen LogP contribution in [-0.2, 0) is 14.3 Å². The Bertz CT molecular complexity index is 197. The van der Waals surface area contributed by atoms with Gasteiger partial charge in [-0.2, -0.15) is 8.42 Å². The highest BCUT2D eigenvalue weighted by molar-refractivity contribution is 7.86. The molecule has 0 aliphatic carbocycles. The van der Waals surface area contributed by atoms with Gasteiger partial charge in [0.25, 0.3) is 10.1 Å². The van der Waals surface area contributed by atoms with Crippen molar-refractivity contribution in [3.63, 3.8) is 0 Å². The van der Waals surface area contributed by atoms with Crippen molar-refractivity contribution in [2.45, 2.75) is 45.4 Å². The summed E-state index contributed by atoms with van der Waals surface area (Å²) in [5.74, 6) is 0.162. The number of hydrogen-bond acceptors (Lipinski definition) is 3. The molecule has 0 spiro atoms. The molecule has 0 fully saturated rings. The monoisotopic (exact) mass is 208 g/mol. The first-order valence-corrected chi connectivity index (χ1v) is 6.48. The molecular weight excluding hydrogens is 188 g/mol. The molecule has 0 amide bonds. The van der Waals surface area contributed by atoms with Gasteiger partial charge >= 0.3 is 0 Å². The zero-order chi connectivity index (χ0) is 10.2. The maximum atomic E-state index is 10.9. The summed E-state index contributed by atoms with van der Waals surface area (Å²) in [5.41, 5.74) is 0. The van der Waals surface area contributed by atoms with Crippen molar-refractivity contribution in [2.24, 2.45) is 0 Å². The molecule has 0 atom stereocenters. The molecule has 0 aliphatic heterocycles. The summed E-state index contributed by atoms with van der Waals surface area (Å²) < 4.78 is 26.1. The number of hydrogen-bond donors (Lipinski definition) is 0. The zero-order valence-electron chi connectivity index (χ0n) is 8.58. The van der Waals surface area contributed by atoms with E-state index < -0.39 is 10.1 Å². The van der Waals surface area contributed by atoms with E-state index in [0.29, 0.717) is 0 Å². The highest BCUT2D eigenvalue weighted by atomic mass is 32.2. The lowest BCUT2D eigenvalue weighted by molar-refractivity contribution is 0.396. The summed E-state index contributed by atoms with van der Waals surface area (Å²) >= 11 is 0. The van der Waals surface area contributed by atoms with Gasteiger partial charge in [0, 0.05) is 0 Å². The topological polar surface area (TPSA) is 43.4 Å². The van der Waals surface area contributed by atoms with E-state index in [1.54, 1.807) is 0 Å². The molecule has 4 heteroatoms. The van der Waals surface area contributed by atoms with E-state index in [9.17, 15) is 8.42 Å². The predicted molar refractivity (Wildman–Crippen MR) is 54.2 cm³/mol. The minimum absolute atomic E-state index is 0.162. The van der Waals surface area contributed by atoms with E-state index in [-0.39, 0.29) is 5.75 Å². The predicted octanol–water partition coefficient (Wildman–Crippen LogP) is 2.32. The van der Waals surface area contributed by atoms with Gasteiger partial charge in [-0.3, -0.25) is 4.18 Å². The van der Waals surface area contributed by atoms with Crippen LogP contribution in [0.2, 0.25) is 0 Å². The Balaban J connectivity index is 3.26. The van der Waals surface area contributed by atoms with Crippen molar-refractivity contribution >= 4 is 10.1 Å². The Morgan fingerprint density at radius 1 is 1.00 bits per heavy atom. The zero-order valence-corrected chi connectivity index (χ0v) is 9.40. The van der Waals surface area contributed by atoms with Gasteiger partial charge in [-0.15, -0.1) is 0 Å². The Labute approximate surface area is 81.6 Å². The van der Waals surface area contributed by atoms with Crippen LogP contribution in [0.15, 0.2) is 0 Å². The maximum Gasteiger partial charge on any atom is 0.267 e. The average molecular weight is 208 g/mol. The van der Waals surface area contributed by atoms with Crippen LogP contribution in [0.3, 0.4) is 0 Å². The third-order valence-electron chi connectivity index (χ3n) is 2.00. The lowest BCUT2D eigenvalue weighted by Gasteiger charge is -2.01. The minimum Gasteiger partial charge on any atom is -0.273 e. The van der Waals surface area contributed by atoms with E-state index in [2.05, 4.69) is 11.1 Å². The Kier molecular flexibility index (Phi) is 7.28. The average Bonchev–Trinajstić information content (AvgIpc) is 2.11. The smallest absolute Gasteiger partial charge is 0.267 e. The lowest BCUT2D eigenvalue weighted by Crippen LogP contribution is -2.07. The summed E-state index contributed by atoms with van der Waals surface area (Å²) in [5, 5.41) is 0. The van der Waals surface area contributed by atoms with Gasteiger partial charge in [-0.05, 0) is 6.42 Å². The van der Waals surface area contributed by atoms with Crippen LogP contribution in [0.25, 0.3) is 0 Å². The maximum absolute atomic E-state index is 10.9. The molecule has 13 heavy (non-hydrogen) atoms. The second-order valence-electron chi connectivity index (χ2n) is 3.20. The molecule has 0 N–H and O–H groups in total. The van der Waals surface area contributed by atoms with Crippen molar-refractivity contribution in [1.29, 1.82) is 0 Å². The van der Waals surface area contributed by atoms with Crippen LogP contribution in [0.5, 0.6) is 0 Å². The summed E-state index contributed by atoms with van der Waals surface area (Å²) in [6, 6.07) is 0. The molecule has 0 saturated carbocycles. The third kappa shape index (κ3) is 8.25. The normalized spacial score (nSPS) is 11.8. The van der Waals surface area contributed by atoms with E-state index in [1.807, 2.05) is 0 Å². The Morgan fingerprint density at radius 3 is 2.08 bits per heavy atom. The first-order chi connectivity index (χ1) is 6.12. The van der Waals surface area contributed by atoms with Gasteiger partial charge in [0.2, 0.25) is 0 Å². The molecule has 3 nitrogen and oxygen atoms in total. The Morgan fingerprint density at radius 2 is 1.54 bits per heavy atom. The molecule has 0 aromatic heterocycles. The molecule has 0 heterocycles. The van der Waals surface area contributed by atoms with E-state index in [1.165, 1.54) is 26.4 Å². The van der Waals surface area contributed by atoms with Gasteiger partial charge in [-0.1, -0.05) is 39.0 Å². The highest BCUT2D eigenvalue weighted by Gasteiger charge is 2.06. The van der Waals surface area contributed by atoms with Crippen molar-refractivity contribution in [3.8, 4) is 0 Å². The van der Waals surface area contributed by atoms with Crippen molar-refractivity contribution < 1.29 is 12.6 Å². The van der Waals surface area contributed by atoms with E-state index >= 15 is 0 Å². The number of unbranched alkanes of at least 4 members (excludes halogenated alkanes) is 5. The van der Waals surface area contributed by atoms with E-state index in [0.717, 1.165) is 19.3 Å². The van der Waals surface area contributed by atoms with Gasteiger partial charge in [-0.25, -0.2) is 0 Å². The van der Waals surface area contributed by atoms with Crippen molar-refractivity contribution in [1.82, 2.24) is 0 Å².